The third kappa shape index (κ3) is 16.2. The van der Waals surface area contributed by atoms with Crippen LogP contribution in [0.15, 0.2) is 0 Å². The van der Waals surface area contributed by atoms with Gasteiger partial charge >= 0.3 is 0 Å². The second kappa shape index (κ2) is 16.2. The number of hydrogen-bond donors (Lipinski definition) is 1. The van der Waals surface area contributed by atoms with Gasteiger partial charge in [-0.3, -0.25) is 0 Å². The van der Waals surface area contributed by atoms with E-state index < -0.39 is 0 Å². The molecule has 0 aromatic rings. The third-order valence-electron chi connectivity index (χ3n) is 2.56. The average Bonchev–Trinajstić information content (AvgIpc) is 2.35. The summed E-state index contributed by atoms with van der Waals surface area (Å²) in [5.41, 5.74) is 0. The lowest BCUT2D eigenvalue weighted by Crippen LogP contribution is -2.00. The highest BCUT2D eigenvalue weighted by molar-refractivity contribution is 7.80. The molecule has 0 bridgehead atoms. The standard InChI is InChI=1S/C13H28O3S/c1-2-3-4-5-6-7-8-9-11-14-16-15-12-10-13-17/h17H,2-13H2,1H3. The van der Waals surface area contributed by atoms with Crippen LogP contribution in [0.25, 0.3) is 0 Å². The summed E-state index contributed by atoms with van der Waals surface area (Å²) in [4.78, 5) is 9.65. The minimum atomic E-state index is 0.543. The molecule has 0 aliphatic carbocycles. The number of rotatable bonds is 14. The lowest BCUT2D eigenvalue weighted by atomic mass is 10.1. The van der Waals surface area contributed by atoms with E-state index in [1.807, 2.05) is 0 Å². The Morgan fingerprint density at radius 3 is 1.82 bits per heavy atom. The fourth-order valence-electron chi connectivity index (χ4n) is 1.52. The molecule has 0 rings (SSSR count). The van der Waals surface area contributed by atoms with Crippen LogP contribution < -0.4 is 0 Å². The van der Waals surface area contributed by atoms with Crippen molar-refractivity contribution >= 4 is 12.6 Å². The summed E-state index contributed by atoms with van der Waals surface area (Å²) in [5, 5.41) is 4.56. The Morgan fingerprint density at radius 2 is 1.24 bits per heavy atom. The highest BCUT2D eigenvalue weighted by Crippen LogP contribution is 2.08. The van der Waals surface area contributed by atoms with Crippen LogP contribution in [0.3, 0.4) is 0 Å². The molecule has 0 saturated carbocycles. The molecule has 17 heavy (non-hydrogen) atoms. The molecule has 4 heteroatoms. The molecular formula is C13H28O3S. The maximum atomic E-state index is 4.88. The quantitative estimate of drug-likeness (QED) is 0.219. The van der Waals surface area contributed by atoms with Crippen LogP contribution in [-0.4, -0.2) is 19.0 Å². The highest BCUT2D eigenvalue weighted by Gasteiger charge is 1.93. The van der Waals surface area contributed by atoms with Gasteiger partial charge in [0.2, 0.25) is 0 Å². The van der Waals surface area contributed by atoms with E-state index in [4.69, 9.17) is 9.78 Å². The molecule has 0 aliphatic rings. The lowest BCUT2D eigenvalue weighted by molar-refractivity contribution is -0.512. The fraction of sp³-hybridized carbons (Fsp3) is 1.00. The predicted molar refractivity (Wildman–Crippen MR) is 74.1 cm³/mol. The van der Waals surface area contributed by atoms with Crippen LogP contribution in [0.2, 0.25) is 0 Å². The Labute approximate surface area is 111 Å². The van der Waals surface area contributed by atoms with Crippen LogP contribution in [-0.2, 0) is 14.8 Å². The smallest absolute Gasteiger partial charge is 0.0861 e. The highest BCUT2D eigenvalue weighted by atomic mass is 32.1. The van der Waals surface area contributed by atoms with Crippen LogP contribution in [0.4, 0.5) is 0 Å². The normalized spacial score (nSPS) is 10.9. The first-order valence-electron chi connectivity index (χ1n) is 6.93. The largest absolute Gasteiger partial charge is 0.206 e. The molecule has 0 aliphatic heterocycles. The van der Waals surface area contributed by atoms with Gasteiger partial charge in [0.05, 0.1) is 13.2 Å². The molecule has 0 aromatic carbocycles. The molecule has 0 saturated heterocycles. The molecule has 0 aromatic heterocycles. The minimum Gasteiger partial charge on any atom is -0.206 e. The van der Waals surface area contributed by atoms with Crippen molar-refractivity contribution in [1.82, 2.24) is 0 Å². The predicted octanol–water partition coefficient (Wildman–Crippen LogP) is 4.33. The van der Waals surface area contributed by atoms with E-state index in [1.54, 1.807) is 0 Å². The van der Waals surface area contributed by atoms with Gasteiger partial charge < -0.3 is 0 Å². The maximum absolute atomic E-state index is 4.88. The molecule has 0 fully saturated rings. The number of hydrogen-bond acceptors (Lipinski definition) is 4. The first-order valence-corrected chi connectivity index (χ1v) is 7.57. The van der Waals surface area contributed by atoms with Crippen LogP contribution in [0.5, 0.6) is 0 Å². The second-order valence-corrected chi connectivity index (χ2v) is 4.71. The van der Waals surface area contributed by atoms with E-state index in [1.165, 1.54) is 44.9 Å². The minimum absolute atomic E-state index is 0.543. The Balaban J connectivity index is 2.85. The van der Waals surface area contributed by atoms with Gasteiger partial charge in [-0.1, -0.05) is 56.9 Å². The van der Waals surface area contributed by atoms with Crippen molar-refractivity contribution in [3.63, 3.8) is 0 Å². The zero-order valence-corrected chi connectivity index (χ0v) is 12.1. The monoisotopic (exact) mass is 264 g/mol. The van der Waals surface area contributed by atoms with Crippen molar-refractivity contribution in [1.29, 1.82) is 0 Å². The van der Waals surface area contributed by atoms with Gasteiger partial charge in [-0.25, -0.2) is 9.78 Å². The summed E-state index contributed by atoms with van der Waals surface area (Å²) >= 11 is 4.06. The van der Waals surface area contributed by atoms with E-state index in [0.29, 0.717) is 13.2 Å². The molecule has 0 radical (unpaired) electrons. The van der Waals surface area contributed by atoms with Gasteiger partial charge in [0.1, 0.15) is 0 Å². The summed E-state index contributed by atoms with van der Waals surface area (Å²) < 4.78 is 0. The topological polar surface area (TPSA) is 27.7 Å². The van der Waals surface area contributed by atoms with E-state index >= 15 is 0 Å². The van der Waals surface area contributed by atoms with E-state index in [2.05, 4.69) is 24.6 Å². The van der Waals surface area contributed by atoms with Crippen LogP contribution in [0.1, 0.15) is 64.7 Å². The van der Waals surface area contributed by atoms with Gasteiger partial charge in [0.25, 0.3) is 0 Å². The molecule has 104 valence electrons. The molecule has 0 spiro atoms. The van der Waals surface area contributed by atoms with Crippen molar-refractivity contribution in [3.8, 4) is 0 Å². The molecule has 0 unspecified atom stereocenters. The Morgan fingerprint density at radius 1 is 0.706 bits per heavy atom. The van der Waals surface area contributed by atoms with Crippen molar-refractivity contribution in [2.75, 3.05) is 19.0 Å². The van der Waals surface area contributed by atoms with Gasteiger partial charge in [0, 0.05) is 0 Å². The Hall–Kier alpha value is 0.230. The van der Waals surface area contributed by atoms with Gasteiger partial charge in [-0.05, 0) is 18.6 Å². The zero-order chi connectivity index (χ0) is 12.6. The second-order valence-electron chi connectivity index (χ2n) is 4.26. The zero-order valence-electron chi connectivity index (χ0n) is 11.2. The summed E-state index contributed by atoms with van der Waals surface area (Å²) in [6.07, 6.45) is 11.2. The number of unbranched alkanes of at least 4 members (excludes halogenated alkanes) is 7. The molecular weight excluding hydrogens is 236 g/mol. The lowest BCUT2D eigenvalue weighted by Gasteiger charge is -2.03. The van der Waals surface area contributed by atoms with E-state index in [9.17, 15) is 0 Å². The summed E-state index contributed by atoms with van der Waals surface area (Å²) in [6.45, 7) is 3.41. The van der Waals surface area contributed by atoms with E-state index in [0.717, 1.165) is 18.6 Å². The number of thiol groups is 1. The van der Waals surface area contributed by atoms with Crippen molar-refractivity contribution in [3.05, 3.63) is 0 Å². The van der Waals surface area contributed by atoms with Crippen LogP contribution >= 0.6 is 12.6 Å². The van der Waals surface area contributed by atoms with Crippen molar-refractivity contribution in [2.24, 2.45) is 0 Å². The molecule has 3 nitrogen and oxygen atoms in total. The van der Waals surface area contributed by atoms with Gasteiger partial charge in [0.15, 0.2) is 0 Å². The summed E-state index contributed by atoms with van der Waals surface area (Å²) in [5.74, 6) is 0.807. The summed E-state index contributed by atoms with van der Waals surface area (Å²) in [6, 6.07) is 0. The van der Waals surface area contributed by atoms with Gasteiger partial charge in [-0.2, -0.15) is 12.6 Å². The first kappa shape index (κ1) is 17.2. The van der Waals surface area contributed by atoms with Crippen molar-refractivity contribution in [2.45, 2.75) is 64.7 Å². The van der Waals surface area contributed by atoms with Crippen LogP contribution in [0, 0.1) is 0 Å². The molecule has 0 N–H and O–H groups in total. The van der Waals surface area contributed by atoms with Crippen molar-refractivity contribution < 1.29 is 14.8 Å². The molecule has 0 amide bonds. The molecule has 0 atom stereocenters. The molecule has 0 heterocycles. The maximum Gasteiger partial charge on any atom is 0.0861 e. The summed E-state index contributed by atoms with van der Waals surface area (Å²) in [7, 11) is 0. The third-order valence-corrected chi connectivity index (χ3v) is 2.88. The van der Waals surface area contributed by atoms with E-state index in [-0.39, 0.29) is 0 Å². The Kier molecular flexibility index (Phi) is 16.4. The average molecular weight is 264 g/mol. The van der Waals surface area contributed by atoms with Gasteiger partial charge in [-0.15, -0.1) is 0 Å². The first-order chi connectivity index (χ1) is 8.41. The fourth-order valence-corrected chi connectivity index (χ4v) is 1.65. The SMILES string of the molecule is CCCCCCCCCCOOOCCCS. The Bertz CT molecular complexity index is 120.